The summed E-state index contributed by atoms with van der Waals surface area (Å²) in [4.78, 5) is 34.3. The first-order valence-electron chi connectivity index (χ1n) is 11.7. The number of aryl methyl sites for hydroxylation is 2. The first kappa shape index (κ1) is 23.5. The van der Waals surface area contributed by atoms with Gasteiger partial charge in [-0.3, -0.25) is 14.7 Å². The fourth-order valence-corrected chi connectivity index (χ4v) is 4.65. The standard InChI is InChI=1S/C25H26FN7O3/c1-13-8-18(26)20(29-25(35)30-21-11-19(32-36-21)14-6-4-5-7-14)10-16(13)17-9-15-12-28-24(27-2)31-22(15)33(3)23(17)34/h8-12,14H,4-7H2,1-3H3,(H,27,28,31)(H2,29,30,35). The van der Waals surface area contributed by atoms with E-state index in [1.165, 1.54) is 16.7 Å². The summed E-state index contributed by atoms with van der Waals surface area (Å²) < 4.78 is 21.4. The molecule has 0 unspecified atom stereocenters. The van der Waals surface area contributed by atoms with E-state index >= 15 is 0 Å². The van der Waals surface area contributed by atoms with Crippen molar-refractivity contribution in [1.29, 1.82) is 0 Å². The largest absolute Gasteiger partial charge is 0.357 e. The van der Waals surface area contributed by atoms with E-state index in [4.69, 9.17) is 4.52 Å². The summed E-state index contributed by atoms with van der Waals surface area (Å²) in [7, 11) is 3.31. The summed E-state index contributed by atoms with van der Waals surface area (Å²) in [6.07, 6.45) is 6.01. The number of aromatic nitrogens is 4. The van der Waals surface area contributed by atoms with Crippen LogP contribution in [0.2, 0.25) is 0 Å². The zero-order valence-electron chi connectivity index (χ0n) is 20.2. The van der Waals surface area contributed by atoms with Crippen LogP contribution in [0.15, 0.2) is 39.8 Å². The molecule has 11 heteroatoms. The minimum Gasteiger partial charge on any atom is -0.357 e. The summed E-state index contributed by atoms with van der Waals surface area (Å²) in [6.45, 7) is 1.70. The van der Waals surface area contributed by atoms with Gasteiger partial charge in [-0.25, -0.2) is 14.2 Å². The Kier molecular flexibility index (Phi) is 6.13. The van der Waals surface area contributed by atoms with Crippen LogP contribution >= 0.6 is 0 Å². The highest BCUT2D eigenvalue weighted by Gasteiger charge is 2.22. The Balaban J connectivity index is 1.43. The normalized spacial score (nSPS) is 13.8. The summed E-state index contributed by atoms with van der Waals surface area (Å²) in [5.74, 6) is 0.286. The lowest BCUT2D eigenvalue weighted by molar-refractivity contribution is 0.261. The molecule has 0 saturated heterocycles. The van der Waals surface area contributed by atoms with Gasteiger partial charge in [0.05, 0.1) is 11.4 Å². The lowest BCUT2D eigenvalue weighted by atomic mass is 9.99. The SMILES string of the molecule is CNc1ncc2cc(-c3cc(NC(=O)Nc4cc(C5CCCC5)no4)c(F)cc3C)c(=O)n(C)c2n1. The Morgan fingerprint density at radius 2 is 1.92 bits per heavy atom. The predicted octanol–water partition coefficient (Wildman–Crippen LogP) is 4.77. The molecule has 0 aliphatic heterocycles. The van der Waals surface area contributed by atoms with Gasteiger partial charge in [0.15, 0.2) is 0 Å². The zero-order valence-corrected chi connectivity index (χ0v) is 20.2. The topological polar surface area (TPSA) is 127 Å². The smallest absolute Gasteiger partial charge is 0.326 e. The van der Waals surface area contributed by atoms with Crippen LogP contribution in [-0.4, -0.2) is 32.8 Å². The number of rotatable bonds is 5. The van der Waals surface area contributed by atoms with Gasteiger partial charge < -0.3 is 15.2 Å². The number of nitrogens with one attached hydrogen (secondary N) is 3. The van der Waals surface area contributed by atoms with Crippen LogP contribution in [0.4, 0.5) is 26.7 Å². The molecule has 1 aromatic carbocycles. The summed E-state index contributed by atoms with van der Waals surface area (Å²) in [5, 5.41) is 12.6. The van der Waals surface area contributed by atoms with Crippen molar-refractivity contribution in [1.82, 2.24) is 19.7 Å². The van der Waals surface area contributed by atoms with E-state index in [2.05, 4.69) is 31.1 Å². The Hall–Kier alpha value is -4.28. The first-order chi connectivity index (χ1) is 17.3. The van der Waals surface area contributed by atoms with Gasteiger partial charge in [0.1, 0.15) is 11.5 Å². The van der Waals surface area contributed by atoms with Crippen LogP contribution in [0.1, 0.15) is 42.9 Å². The van der Waals surface area contributed by atoms with Gasteiger partial charge in [-0.2, -0.15) is 4.98 Å². The van der Waals surface area contributed by atoms with Crippen molar-refractivity contribution in [2.75, 3.05) is 23.0 Å². The minimum atomic E-state index is -0.683. The third-order valence-electron chi connectivity index (χ3n) is 6.56. The lowest BCUT2D eigenvalue weighted by Crippen LogP contribution is -2.21. The van der Waals surface area contributed by atoms with Gasteiger partial charge in [-0.05, 0) is 49.1 Å². The van der Waals surface area contributed by atoms with E-state index in [0.29, 0.717) is 39.6 Å². The molecule has 0 atom stereocenters. The maximum Gasteiger partial charge on any atom is 0.326 e. The van der Waals surface area contributed by atoms with Gasteiger partial charge in [-0.15, -0.1) is 0 Å². The monoisotopic (exact) mass is 491 g/mol. The Labute approximate surface area is 205 Å². The van der Waals surface area contributed by atoms with Gasteiger partial charge in [0, 0.05) is 43.2 Å². The summed E-state index contributed by atoms with van der Waals surface area (Å²) >= 11 is 0. The van der Waals surface area contributed by atoms with E-state index in [9.17, 15) is 14.0 Å². The highest BCUT2D eigenvalue weighted by molar-refractivity contribution is 5.99. The third kappa shape index (κ3) is 4.39. The van der Waals surface area contributed by atoms with Crippen LogP contribution in [-0.2, 0) is 7.05 Å². The molecular formula is C25H26FN7O3. The van der Waals surface area contributed by atoms with E-state index in [0.717, 1.165) is 31.4 Å². The third-order valence-corrected chi connectivity index (χ3v) is 6.56. The minimum absolute atomic E-state index is 0.0763. The van der Waals surface area contributed by atoms with Crippen molar-refractivity contribution in [2.24, 2.45) is 7.05 Å². The van der Waals surface area contributed by atoms with E-state index in [1.54, 1.807) is 39.3 Å². The van der Waals surface area contributed by atoms with Crippen LogP contribution < -0.4 is 21.5 Å². The van der Waals surface area contributed by atoms with Crippen LogP contribution in [0.3, 0.4) is 0 Å². The summed E-state index contributed by atoms with van der Waals surface area (Å²) in [5.41, 5.74) is 2.24. The molecule has 0 spiro atoms. The maximum atomic E-state index is 14.8. The number of hydrogen-bond donors (Lipinski definition) is 3. The molecule has 2 amide bonds. The average molecular weight is 492 g/mol. The molecule has 36 heavy (non-hydrogen) atoms. The first-order valence-corrected chi connectivity index (χ1v) is 11.7. The van der Waals surface area contributed by atoms with Crippen LogP contribution in [0.25, 0.3) is 22.2 Å². The second kappa shape index (κ2) is 9.40. The second-order valence-electron chi connectivity index (χ2n) is 8.97. The lowest BCUT2D eigenvalue weighted by Gasteiger charge is -2.13. The molecule has 4 aromatic rings. The quantitative estimate of drug-likeness (QED) is 0.367. The number of carbonyl (C=O) groups excluding carboxylic acids is 1. The average Bonchev–Trinajstić information content (AvgIpc) is 3.55. The molecule has 3 aromatic heterocycles. The molecule has 0 radical (unpaired) electrons. The van der Waals surface area contributed by atoms with Crippen molar-refractivity contribution in [3.05, 3.63) is 57.9 Å². The number of nitrogens with zero attached hydrogens (tertiary/aromatic N) is 4. The number of hydrogen-bond acceptors (Lipinski definition) is 7. The van der Waals surface area contributed by atoms with Gasteiger partial charge in [-0.1, -0.05) is 18.0 Å². The highest BCUT2D eigenvalue weighted by Crippen LogP contribution is 2.34. The van der Waals surface area contributed by atoms with Crippen molar-refractivity contribution >= 4 is 34.6 Å². The highest BCUT2D eigenvalue weighted by atomic mass is 19.1. The van der Waals surface area contributed by atoms with Crippen molar-refractivity contribution in [3.8, 4) is 11.1 Å². The van der Waals surface area contributed by atoms with Crippen molar-refractivity contribution in [3.63, 3.8) is 0 Å². The predicted molar refractivity (Wildman–Crippen MR) is 135 cm³/mol. The molecule has 3 heterocycles. The number of fused-ring (bicyclic) bond motifs is 1. The van der Waals surface area contributed by atoms with Gasteiger partial charge in [0.25, 0.3) is 5.56 Å². The van der Waals surface area contributed by atoms with E-state index in [1.807, 2.05) is 0 Å². The molecule has 0 bridgehead atoms. The number of benzene rings is 1. The molecule has 3 N–H and O–H groups in total. The number of carbonyl (C=O) groups is 1. The second-order valence-corrected chi connectivity index (χ2v) is 8.97. The molecule has 186 valence electrons. The fraction of sp³-hybridized carbons (Fsp3) is 0.320. The van der Waals surface area contributed by atoms with Gasteiger partial charge >= 0.3 is 6.03 Å². The number of amides is 2. The zero-order chi connectivity index (χ0) is 25.4. The Morgan fingerprint density at radius 3 is 2.67 bits per heavy atom. The molecule has 5 rings (SSSR count). The van der Waals surface area contributed by atoms with Crippen molar-refractivity contribution < 1.29 is 13.7 Å². The van der Waals surface area contributed by atoms with Crippen LogP contribution in [0.5, 0.6) is 0 Å². The van der Waals surface area contributed by atoms with E-state index in [-0.39, 0.29) is 17.1 Å². The fourth-order valence-electron chi connectivity index (χ4n) is 4.65. The van der Waals surface area contributed by atoms with Gasteiger partial charge in [0.2, 0.25) is 11.8 Å². The Morgan fingerprint density at radius 1 is 1.14 bits per heavy atom. The molecule has 1 fully saturated rings. The Bertz CT molecular complexity index is 1520. The number of urea groups is 1. The molecule has 10 nitrogen and oxygen atoms in total. The van der Waals surface area contributed by atoms with Crippen molar-refractivity contribution in [2.45, 2.75) is 38.5 Å². The molecule has 1 aliphatic carbocycles. The number of halogens is 1. The van der Waals surface area contributed by atoms with E-state index < -0.39 is 11.8 Å². The number of pyridine rings is 1. The maximum absolute atomic E-state index is 14.8. The molecular weight excluding hydrogens is 465 g/mol. The summed E-state index contributed by atoms with van der Waals surface area (Å²) in [6, 6.07) is 5.41. The number of anilines is 3. The molecule has 1 aliphatic rings. The molecule has 1 saturated carbocycles. The van der Waals surface area contributed by atoms with Crippen LogP contribution in [0, 0.1) is 12.7 Å².